The Kier molecular flexibility index (Phi) is 12.3. The number of hydrogen-bond acceptors (Lipinski definition) is 8. The number of anilines is 1. The zero-order chi connectivity index (χ0) is 31.9. The quantitative estimate of drug-likeness (QED) is 0.436. The van der Waals surface area contributed by atoms with Crippen LogP contribution in [0.3, 0.4) is 0 Å². The molecule has 2 aromatic rings. The lowest BCUT2D eigenvalue weighted by Crippen LogP contribution is -2.48. The van der Waals surface area contributed by atoms with Crippen molar-refractivity contribution in [2.75, 3.05) is 44.3 Å². The summed E-state index contributed by atoms with van der Waals surface area (Å²) in [5.74, 6) is -0.520. The topological polar surface area (TPSA) is 143 Å². The van der Waals surface area contributed by atoms with Crippen LogP contribution in [0, 0.1) is 5.92 Å². The van der Waals surface area contributed by atoms with Gasteiger partial charge >= 0.3 is 0 Å². The third-order valence-corrected chi connectivity index (χ3v) is 10.0. The molecule has 0 bridgehead atoms. The number of likely N-dealkylation sites (N-methyl/N-ethyl adjacent to an activating group) is 1. The van der Waals surface area contributed by atoms with Gasteiger partial charge in [0, 0.05) is 43.4 Å². The number of ether oxygens (including phenoxy) is 2. The molecule has 0 saturated carbocycles. The maximum atomic E-state index is 14.1. The first-order valence-electron chi connectivity index (χ1n) is 14.2. The number of rotatable bonds is 8. The standard InChI is InChI=1S/C29H42ClN3O8S2/c1-20-17-33(21(2)19-34)29(35)26-16-24(31-42(5,36)37)11-14-27(26)41-22(3)8-6-7-15-40-28(20)18-32(4)43(38,39)25-12-9-23(30)10-13-25/h9-14,16,20-22,28,31,34H,6-8,15,17-19H2,1-5H3/t20-,21+,22-,28+/m0/s1. The highest BCUT2D eigenvalue weighted by molar-refractivity contribution is 7.92. The fourth-order valence-electron chi connectivity index (χ4n) is 4.80. The Hall–Kier alpha value is -2.42. The Morgan fingerprint density at radius 2 is 1.79 bits per heavy atom. The smallest absolute Gasteiger partial charge is 0.258 e. The molecule has 1 amide bonds. The van der Waals surface area contributed by atoms with Gasteiger partial charge in [-0.1, -0.05) is 18.5 Å². The lowest BCUT2D eigenvalue weighted by molar-refractivity contribution is -0.00833. The van der Waals surface area contributed by atoms with Crippen molar-refractivity contribution in [3.8, 4) is 5.75 Å². The fourth-order valence-corrected chi connectivity index (χ4v) is 6.66. The number of nitrogens with zero attached hydrogens (tertiary/aromatic N) is 2. The number of amides is 1. The molecule has 11 nitrogen and oxygen atoms in total. The van der Waals surface area contributed by atoms with Crippen LogP contribution in [-0.4, -0.2) is 94.9 Å². The number of carbonyl (C=O) groups excluding carboxylic acids is 1. The molecule has 1 aliphatic rings. The molecule has 0 saturated heterocycles. The molecule has 1 heterocycles. The molecule has 0 aliphatic carbocycles. The van der Waals surface area contributed by atoms with Crippen molar-refractivity contribution >= 4 is 43.2 Å². The van der Waals surface area contributed by atoms with E-state index in [0.717, 1.165) is 12.7 Å². The van der Waals surface area contributed by atoms with Crippen LogP contribution >= 0.6 is 11.6 Å². The van der Waals surface area contributed by atoms with E-state index in [9.17, 15) is 26.7 Å². The number of sulfonamides is 2. The molecule has 43 heavy (non-hydrogen) atoms. The zero-order valence-electron chi connectivity index (χ0n) is 25.2. The summed E-state index contributed by atoms with van der Waals surface area (Å²) in [4.78, 5) is 15.7. The predicted molar refractivity (Wildman–Crippen MR) is 167 cm³/mol. The summed E-state index contributed by atoms with van der Waals surface area (Å²) in [7, 11) is -5.98. The van der Waals surface area contributed by atoms with Gasteiger partial charge in [0.25, 0.3) is 5.91 Å². The molecule has 2 aromatic carbocycles. The molecule has 14 heteroatoms. The number of benzene rings is 2. The predicted octanol–water partition coefficient (Wildman–Crippen LogP) is 3.83. The average molecular weight is 660 g/mol. The number of hydrogen-bond donors (Lipinski definition) is 2. The van der Waals surface area contributed by atoms with E-state index >= 15 is 0 Å². The van der Waals surface area contributed by atoms with Crippen LogP contribution in [0.5, 0.6) is 5.75 Å². The van der Waals surface area contributed by atoms with Gasteiger partial charge in [-0.25, -0.2) is 16.8 Å². The summed E-state index contributed by atoms with van der Waals surface area (Å²) >= 11 is 5.95. The molecule has 2 N–H and O–H groups in total. The number of carbonyl (C=O) groups is 1. The number of aliphatic hydroxyl groups excluding tert-OH is 1. The van der Waals surface area contributed by atoms with Gasteiger partial charge in [0.1, 0.15) is 5.75 Å². The highest BCUT2D eigenvalue weighted by Gasteiger charge is 2.32. The Morgan fingerprint density at radius 1 is 1.12 bits per heavy atom. The molecule has 0 radical (unpaired) electrons. The number of aliphatic hydroxyl groups is 1. The van der Waals surface area contributed by atoms with Crippen molar-refractivity contribution < 1.29 is 36.2 Å². The van der Waals surface area contributed by atoms with Crippen molar-refractivity contribution in [1.29, 1.82) is 0 Å². The first kappa shape index (κ1) is 35.1. The van der Waals surface area contributed by atoms with E-state index in [-0.39, 0.29) is 47.9 Å². The van der Waals surface area contributed by atoms with Gasteiger partial charge < -0.3 is 19.5 Å². The maximum absolute atomic E-state index is 14.1. The van der Waals surface area contributed by atoms with Gasteiger partial charge in [0.2, 0.25) is 20.0 Å². The first-order chi connectivity index (χ1) is 20.1. The monoisotopic (exact) mass is 659 g/mol. The van der Waals surface area contributed by atoms with Gasteiger partial charge in [-0.2, -0.15) is 4.31 Å². The Morgan fingerprint density at radius 3 is 2.42 bits per heavy atom. The molecule has 0 aromatic heterocycles. The molecular weight excluding hydrogens is 618 g/mol. The summed E-state index contributed by atoms with van der Waals surface area (Å²) in [5, 5.41) is 10.5. The van der Waals surface area contributed by atoms with E-state index in [2.05, 4.69) is 4.72 Å². The molecular formula is C29H42ClN3O8S2. The second-order valence-corrected chi connectivity index (χ2v) is 15.4. The molecule has 0 unspecified atom stereocenters. The van der Waals surface area contributed by atoms with E-state index in [4.69, 9.17) is 21.1 Å². The summed E-state index contributed by atoms with van der Waals surface area (Å²) in [6.45, 7) is 5.66. The van der Waals surface area contributed by atoms with E-state index in [1.54, 1.807) is 13.0 Å². The van der Waals surface area contributed by atoms with Crippen molar-refractivity contribution in [3.05, 3.63) is 53.1 Å². The molecule has 1 aliphatic heterocycles. The van der Waals surface area contributed by atoms with Crippen LogP contribution in [0.15, 0.2) is 47.4 Å². The Balaban J connectivity index is 1.98. The molecule has 0 fully saturated rings. The minimum Gasteiger partial charge on any atom is -0.490 e. The van der Waals surface area contributed by atoms with Crippen molar-refractivity contribution in [1.82, 2.24) is 9.21 Å². The molecule has 4 atom stereocenters. The van der Waals surface area contributed by atoms with E-state index < -0.39 is 38.1 Å². The van der Waals surface area contributed by atoms with Crippen molar-refractivity contribution in [2.24, 2.45) is 5.92 Å². The maximum Gasteiger partial charge on any atom is 0.258 e. The molecule has 0 spiro atoms. The molecule has 240 valence electrons. The first-order valence-corrected chi connectivity index (χ1v) is 17.9. The summed E-state index contributed by atoms with van der Waals surface area (Å²) < 4.78 is 66.5. The lowest BCUT2D eigenvalue weighted by Gasteiger charge is -2.35. The number of fused-ring (bicyclic) bond motifs is 1. The number of halogens is 1. The van der Waals surface area contributed by atoms with Crippen LogP contribution in [0.25, 0.3) is 0 Å². The third kappa shape index (κ3) is 9.79. The fraction of sp³-hybridized carbons (Fsp3) is 0.552. The minimum absolute atomic E-state index is 0.0280. The van der Waals surface area contributed by atoms with E-state index in [1.165, 1.54) is 52.7 Å². The number of nitrogens with one attached hydrogen (secondary N) is 1. The summed E-state index contributed by atoms with van der Waals surface area (Å²) in [6.07, 6.45) is 2.34. The Labute approximate surface area is 260 Å². The van der Waals surface area contributed by atoms with Crippen LogP contribution in [-0.2, 0) is 24.8 Å². The largest absolute Gasteiger partial charge is 0.490 e. The third-order valence-electron chi connectivity index (χ3n) is 7.31. The molecule has 3 rings (SSSR count). The lowest BCUT2D eigenvalue weighted by atomic mass is 10.0. The van der Waals surface area contributed by atoms with Gasteiger partial charge in [0.05, 0.1) is 41.6 Å². The summed E-state index contributed by atoms with van der Waals surface area (Å²) in [6, 6.07) is 9.84. The van der Waals surface area contributed by atoms with Gasteiger partial charge in [-0.3, -0.25) is 9.52 Å². The minimum atomic E-state index is -3.85. The second-order valence-electron chi connectivity index (χ2n) is 11.1. The summed E-state index contributed by atoms with van der Waals surface area (Å²) in [5.41, 5.74) is 0.344. The highest BCUT2D eigenvalue weighted by Crippen LogP contribution is 2.29. The zero-order valence-corrected chi connectivity index (χ0v) is 27.6. The highest BCUT2D eigenvalue weighted by atomic mass is 35.5. The van der Waals surface area contributed by atoms with Crippen molar-refractivity contribution in [3.63, 3.8) is 0 Å². The average Bonchev–Trinajstić information content (AvgIpc) is 2.93. The van der Waals surface area contributed by atoms with Gasteiger partial charge in [0.15, 0.2) is 0 Å². The second kappa shape index (κ2) is 15.0. The van der Waals surface area contributed by atoms with Crippen LogP contribution in [0.1, 0.15) is 50.4 Å². The van der Waals surface area contributed by atoms with Crippen LogP contribution < -0.4 is 9.46 Å². The van der Waals surface area contributed by atoms with Crippen molar-refractivity contribution in [2.45, 2.75) is 63.2 Å². The van der Waals surface area contributed by atoms with Crippen LogP contribution in [0.2, 0.25) is 5.02 Å². The van der Waals surface area contributed by atoms with E-state index in [0.29, 0.717) is 30.2 Å². The Bertz CT molecular complexity index is 1450. The normalized spacial score (nSPS) is 21.9. The van der Waals surface area contributed by atoms with Gasteiger partial charge in [-0.15, -0.1) is 0 Å². The SMILES string of the molecule is C[C@H](CO)N1C[C@H](C)[C@@H](CN(C)S(=O)(=O)c2ccc(Cl)cc2)OCCCC[C@H](C)Oc2ccc(NS(C)(=O)=O)cc2C1=O. The van der Waals surface area contributed by atoms with Gasteiger partial charge in [-0.05, 0) is 75.6 Å². The van der Waals surface area contributed by atoms with E-state index in [1.807, 2.05) is 13.8 Å². The van der Waals surface area contributed by atoms with Crippen LogP contribution in [0.4, 0.5) is 5.69 Å².